The fourth-order valence-corrected chi connectivity index (χ4v) is 2.27. The van der Waals surface area contributed by atoms with Gasteiger partial charge in [-0.2, -0.15) is 0 Å². The minimum Gasteiger partial charge on any atom is -0.486 e. The van der Waals surface area contributed by atoms with E-state index in [1.165, 1.54) is 24.3 Å². The Morgan fingerprint density at radius 1 is 1.35 bits per heavy atom. The molecule has 1 N–H and O–H groups in total. The van der Waals surface area contributed by atoms with Gasteiger partial charge < -0.3 is 9.84 Å². The molecule has 104 valence electrons. The first-order valence-corrected chi connectivity index (χ1v) is 6.74. The highest BCUT2D eigenvalue weighted by molar-refractivity contribution is 9.10. The molecule has 6 heteroatoms. The average Bonchev–Trinajstić information content (AvgIpc) is 2.40. The number of carboxylic acid groups (broad SMARTS) is 1. The van der Waals surface area contributed by atoms with Crippen LogP contribution in [-0.2, 0) is 6.61 Å². The molecule has 0 unspecified atom stereocenters. The summed E-state index contributed by atoms with van der Waals surface area (Å²) in [5.41, 5.74) is 0.239. The Balaban J connectivity index is 2.27. The van der Waals surface area contributed by atoms with Crippen molar-refractivity contribution in [3.63, 3.8) is 0 Å². The molecular formula is C14H9BrClFO3. The van der Waals surface area contributed by atoms with Crippen LogP contribution in [0, 0.1) is 5.82 Å². The molecule has 0 heterocycles. The maximum Gasteiger partial charge on any atom is 0.339 e. The minimum absolute atomic E-state index is 0.0287. The number of benzene rings is 2. The zero-order valence-corrected chi connectivity index (χ0v) is 12.4. The second kappa shape index (κ2) is 6.24. The molecule has 2 aromatic carbocycles. The third-order valence-corrected chi connectivity index (χ3v) is 3.37. The van der Waals surface area contributed by atoms with Crippen LogP contribution in [-0.4, -0.2) is 11.1 Å². The lowest BCUT2D eigenvalue weighted by atomic mass is 10.2. The topological polar surface area (TPSA) is 46.5 Å². The van der Waals surface area contributed by atoms with E-state index in [2.05, 4.69) is 15.9 Å². The minimum atomic E-state index is -1.16. The Hall–Kier alpha value is -1.59. The third-order valence-electron chi connectivity index (χ3n) is 2.58. The van der Waals surface area contributed by atoms with Gasteiger partial charge in [-0.25, -0.2) is 9.18 Å². The SMILES string of the molecule is O=C(O)c1cccc(Cl)c1OCc1cc(Br)ccc1F. The van der Waals surface area contributed by atoms with E-state index < -0.39 is 11.8 Å². The largest absolute Gasteiger partial charge is 0.486 e. The van der Waals surface area contributed by atoms with E-state index in [1.807, 2.05) is 0 Å². The Kier molecular flexibility index (Phi) is 4.62. The Morgan fingerprint density at radius 2 is 2.10 bits per heavy atom. The Labute approximate surface area is 128 Å². The summed E-state index contributed by atoms with van der Waals surface area (Å²) in [6.07, 6.45) is 0. The van der Waals surface area contributed by atoms with Gasteiger partial charge in [0, 0.05) is 10.0 Å². The number of rotatable bonds is 4. The van der Waals surface area contributed by atoms with Gasteiger partial charge in [-0.1, -0.05) is 33.6 Å². The molecule has 0 radical (unpaired) electrons. The number of carboxylic acids is 1. The summed E-state index contributed by atoms with van der Waals surface area (Å²) in [5.74, 6) is -1.56. The van der Waals surface area contributed by atoms with E-state index in [1.54, 1.807) is 12.1 Å². The number of hydrogen-bond acceptors (Lipinski definition) is 2. The molecule has 0 saturated heterocycles. The highest BCUT2D eigenvalue weighted by Crippen LogP contribution is 2.30. The van der Waals surface area contributed by atoms with Gasteiger partial charge in [0.1, 0.15) is 18.0 Å². The maximum absolute atomic E-state index is 13.6. The van der Waals surface area contributed by atoms with E-state index in [4.69, 9.17) is 21.4 Å². The third kappa shape index (κ3) is 3.29. The normalized spacial score (nSPS) is 10.3. The first-order valence-electron chi connectivity index (χ1n) is 5.57. The summed E-state index contributed by atoms with van der Waals surface area (Å²) in [4.78, 5) is 11.1. The molecular weight excluding hydrogens is 351 g/mol. The quantitative estimate of drug-likeness (QED) is 0.873. The number of carbonyl (C=O) groups is 1. The lowest BCUT2D eigenvalue weighted by Gasteiger charge is -2.11. The van der Waals surface area contributed by atoms with E-state index in [0.29, 0.717) is 10.0 Å². The first-order chi connectivity index (χ1) is 9.49. The summed E-state index contributed by atoms with van der Waals surface area (Å²) < 4.78 is 19.7. The van der Waals surface area contributed by atoms with Crippen molar-refractivity contribution >= 4 is 33.5 Å². The number of para-hydroxylation sites is 1. The highest BCUT2D eigenvalue weighted by Gasteiger charge is 2.15. The first kappa shape index (κ1) is 14.8. The molecule has 3 nitrogen and oxygen atoms in total. The lowest BCUT2D eigenvalue weighted by Crippen LogP contribution is -2.05. The molecule has 0 aromatic heterocycles. The van der Waals surface area contributed by atoms with Crippen molar-refractivity contribution in [3.05, 3.63) is 62.8 Å². The van der Waals surface area contributed by atoms with Crippen LogP contribution in [0.4, 0.5) is 4.39 Å². The van der Waals surface area contributed by atoms with Gasteiger partial charge in [0.05, 0.1) is 5.02 Å². The lowest BCUT2D eigenvalue weighted by molar-refractivity contribution is 0.0691. The van der Waals surface area contributed by atoms with Crippen LogP contribution in [0.15, 0.2) is 40.9 Å². The van der Waals surface area contributed by atoms with Crippen LogP contribution in [0.5, 0.6) is 5.75 Å². The molecule has 0 spiro atoms. The standard InChI is InChI=1S/C14H9BrClFO3/c15-9-4-5-12(17)8(6-9)7-20-13-10(14(18)19)2-1-3-11(13)16/h1-6H,7H2,(H,18,19). The molecule has 0 atom stereocenters. The van der Waals surface area contributed by atoms with Crippen molar-refractivity contribution in [2.24, 2.45) is 0 Å². The summed E-state index contributed by atoms with van der Waals surface area (Å²) in [7, 11) is 0. The predicted octanol–water partition coefficient (Wildman–Crippen LogP) is 4.52. The molecule has 0 aliphatic heterocycles. The number of halogens is 3. The fourth-order valence-electron chi connectivity index (χ4n) is 1.63. The van der Waals surface area contributed by atoms with Gasteiger partial charge >= 0.3 is 5.97 Å². The molecule has 0 aliphatic rings. The Morgan fingerprint density at radius 3 is 2.80 bits per heavy atom. The van der Waals surface area contributed by atoms with E-state index in [0.717, 1.165) is 0 Å². The smallest absolute Gasteiger partial charge is 0.339 e. The molecule has 0 fully saturated rings. The average molecular weight is 360 g/mol. The van der Waals surface area contributed by atoms with Crippen LogP contribution in [0.1, 0.15) is 15.9 Å². The Bertz CT molecular complexity index is 661. The molecule has 2 rings (SSSR count). The van der Waals surface area contributed by atoms with E-state index in [-0.39, 0.29) is 22.9 Å². The van der Waals surface area contributed by atoms with E-state index >= 15 is 0 Å². The van der Waals surface area contributed by atoms with Gasteiger partial charge in [-0.15, -0.1) is 0 Å². The highest BCUT2D eigenvalue weighted by atomic mass is 79.9. The van der Waals surface area contributed by atoms with Crippen LogP contribution in [0.2, 0.25) is 5.02 Å². The summed E-state index contributed by atoms with van der Waals surface area (Å²) in [6, 6.07) is 8.83. The zero-order chi connectivity index (χ0) is 14.7. The molecule has 0 aliphatic carbocycles. The van der Waals surface area contributed by atoms with Gasteiger partial charge in [0.15, 0.2) is 5.75 Å². The van der Waals surface area contributed by atoms with Crippen molar-refractivity contribution in [1.29, 1.82) is 0 Å². The molecule has 0 amide bonds. The van der Waals surface area contributed by atoms with Crippen molar-refractivity contribution in [3.8, 4) is 5.75 Å². The summed E-state index contributed by atoms with van der Waals surface area (Å²) in [6.45, 7) is -0.116. The van der Waals surface area contributed by atoms with Crippen molar-refractivity contribution < 1.29 is 19.0 Å². The maximum atomic E-state index is 13.6. The van der Waals surface area contributed by atoms with Crippen LogP contribution in [0.3, 0.4) is 0 Å². The second-order valence-electron chi connectivity index (χ2n) is 3.95. The fraction of sp³-hybridized carbons (Fsp3) is 0.0714. The van der Waals surface area contributed by atoms with Crippen LogP contribution in [0.25, 0.3) is 0 Å². The van der Waals surface area contributed by atoms with Crippen molar-refractivity contribution in [2.75, 3.05) is 0 Å². The van der Waals surface area contributed by atoms with Crippen LogP contribution >= 0.6 is 27.5 Å². The molecule has 2 aromatic rings. The number of ether oxygens (including phenoxy) is 1. The van der Waals surface area contributed by atoms with Crippen molar-refractivity contribution in [2.45, 2.75) is 6.61 Å². The summed E-state index contributed by atoms with van der Waals surface area (Å²) >= 11 is 9.15. The monoisotopic (exact) mass is 358 g/mol. The predicted molar refractivity (Wildman–Crippen MR) is 76.8 cm³/mol. The van der Waals surface area contributed by atoms with Crippen LogP contribution < -0.4 is 4.74 Å². The number of hydrogen-bond donors (Lipinski definition) is 1. The molecule has 0 bridgehead atoms. The van der Waals surface area contributed by atoms with Gasteiger partial charge in [0.25, 0.3) is 0 Å². The van der Waals surface area contributed by atoms with E-state index in [9.17, 15) is 9.18 Å². The van der Waals surface area contributed by atoms with Gasteiger partial charge in [0.2, 0.25) is 0 Å². The van der Waals surface area contributed by atoms with Gasteiger partial charge in [-0.05, 0) is 30.3 Å². The van der Waals surface area contributed by atoms with Crippen molar-refractivity contribution in [1.82, 2.24) is 0 Å². The zero-order valence-electron chi connectivity index (χ0n) is 10.1. The molecule has 20 heavy (non-hydrogen) atoms. The molecule has 0 saturated carbocycles. The number of aromatic carboxylic acids is 1. The summed E-state index contributed by atoms with van der Waals surface area (Å²) in [5, 5.41) is 9.23. The second-order valence-corrected chi connectivity index (χ2v) is 5.27. The van der Waals surface area contributed by atoms with Gasteiger partial charge in [-0.3, -0.25) is 0 Å².